The normalized spacial score (nSPS) is 11.6. The van der Waals surface area contributed by atoms with E-state index in [0.717, 1.165) is 19.3 Å². The van der Waals surface area contributed by atoms with Gasteiger partial charge in [-0.25, -0.2) is 0 Å². The molecule has 0 aliphatic carbocycles. The van der Waals surface area contributed by atoms with Gasteiger partial charge in [0.25, 0.3) is 0 Å². The fraction of sp³-hybridized carbons (Fsp3) is 0.350. The summed E-state index contributed by atoms with van der Waals surface area (Å²) >= 11 is 0. The molecule has 0 heterocycles. The van der Waals surface area contributed by atoms with E-state index in [1.165, 1.54) is 29.8 Å². The van der Waals surface area contributed by atoms with Crippen LogP contribution in [0.15, 0.2) is 59.6 Å². The highest BCUT2D eigenvalue weighted by atomic mass is 127. The number of rotatable bonds is 10. The molecule has 0 atom stereocenters. The fourth-order valence-electron chi connectivity index (χ4n) is 2.38. The second kappa shape index (κ2) is 13.3. The van der Waals surface area contributed by atoms with Crippen LogP contribution in [-0.4, -0.2) is 32.1 Å². The van der Waals surface area contributed by atoms with Crippen LogP contribution in [0.25, 0.3) is 0 Å². The molecule has 0 radical (unpaired) electrons. The zero-order valence-corrected chi connectivity index (χ0v) is 18.2. The van der Waals surface area contributed by atoms with E-state index >= 15 is 0 Å². The van der Waals surface area contributed by atoms with Crippen molar-refractivity contribution in [3.05, 3.63) is 60.2 Å². The Morgan fingerprint density at radius 1 is 0.966 bits per heavy atom. The third kappa shape index (κ3) is 11.5. The number of guanidine groups is 1. The van der Waals surface area contributed by atoms with Crippen LogP contribution >= 0.6 is 24.0 Å². The number of anilines is 1. The highest BCUT2D eigenvalue weighted by molar-refractivity contribution is 14.0. The number of nitrogens with zero attached hydrogens (tertiary/aromatic N) is 1. The van der Waals surface area contributed by atoms with Crippen LogP contribution in [0, 0.1) is 0 Å². The average Bonchev–Trinajstić information content (AvgIpc) is 2.65. The van der Waals surface area contributed by atoms with Gasteiger partial charge in [-0.15, -0.1) is 37.1 Å². The third-order valence-corrected chi connectivity index (χ3v) is 3.72. The van der Waals surface area contributed by atoms with Crippen LogP contribution in [0.5, 0.6) is 5.75 Å². The lowest BCUT2D eigenvalue weighted by atomic mass is 10.2. The molecule has 9 heteroatoms. The smallest absolute Gasteiger partial charge is 0.406 e. The van der Waals surface area contributed by atoms with Gasteiger partial charge < -0.3 is 20.5 Å². The van der Waals surface area contributed by atoms with Crippen molar-refractivity contribution in [2.24, 2.45) is 10.7 Å². The molecule has 0 amide bonds. The molecule has 160 valence electrons. The van der Waals surface area contributed by atoms with Gasteiger partial charge in [-0.2, -0.15) is 0 Å². The van der Waals surface area contributed by atoms with E-state index in [4.69, 9.17) is 10.5 Å². The minimum absolute atomic E-state index is 0. The van der Waals surface area contributed by atoms with Crippen LogP contribution in [-0.2, 0) is 11.2 Å². The van der Waals surface area contributed by atoms with Gasteiger partial charge in [0, 0.05) is 18.8 Å². The van der Waals surface area contributed by atoms with Gasteiger partial charge in [-0.3, -0.25) is 4.99 Å². The lowest BCUT2D eigenvalue weighted by Gasteiger charge is -2.10. The second-order valence-electron chi connectivity index (χ2n) is 6.02. The number of aliphatic imine (C=N–C) groups is 1. The molecule has 5 nitrogen and oxygen atoms in total. The highest BCUT2D eigenvalue weighted by Gasteiger charge is 2.30. The molecule has 0 aromatic heterocycles. The highest BCUT2D eigenvalue weighted by Crippen LogP contribution is 2.23. The average molecular weight is 523 g/mol. The Kier molecular flexibility index (Phi) is 11.4. The molecule has 0 saturated heterocycles. The first-order valence-corrected chi connectivity index (χ1v) is 8.97. The van der Waals surface area contributed by atoms with Gasteiger partial charge in [-0.1, -0.05) is 30.3 Å². The SMILES string of the molecule is I.NC(=NCCCCOCCc1ccccc1)Nc1ccc(OC(F)(F)F)cc1. The Hall–Kier alpha value is -2.01. The first kappa shape index (κ1) is 25.0. The molecular formula is C20H25F3IN3O2. The first-order valence-electron chi connectivity index (χ1n) is 8.97. The molecule has 2 rings (SSSR count). The Morgan fingerprint density at radius 2 is 1.66 bits per heavy atom. The summed E-state index contributed by atoms with van der Waals surface area (Å²) < 4.78 is 45.7. The summed E-state index contributed by atoms with van der Waals surface area (Å²) in [6.07, 6.45) is -2.12. The predicted octanol–water partition coefficient (Wildman–Crippen LogP) is 4.97. The summed E-state index contributed by atoms with van der Waals surface area (Å²) in [5.41, 5.74) is 7.55. The van der Waals surface area contributed by atoms with Crippen molar-refractivity contribution < 1.29 is 22.6 Å². The zero-order chi connectivity index (χ0) is 20.2. The van der Waals surface area contributed by atoms with E-state index in [0.29, 0.717) is 25.4 Å². The van der Waals surface area contributed by atoms with E-state index in [9.17, 15) is 13.2 Å². The Bertz CT molecular complexity index is 726. The Labute approximate surface area is 185 Å². The molecule has 0 aliphatic heterocycles. The maximum Gasteiger partial charge on any atom is 0.573 e. The quantitative estimate of drug-likeness (QED) is 0.200. The van der Waals surface area contributed by atoms with E-state index in [2.05, 4.69) is 27.2 Å². The van der Waals surface area contributed by atoms with Crippen molar-refractivity contribution in [1.82, 2.24) is 0 Å². The maximum absolute atomic E-state index is 12.1. The third-order valence-electron chi connectivity index (χ3n) is 3.72. The lowest BCUT2D eigenvalue weighted by molar-refractivity contribution is -0.274. The van der Waals surface area contributed by atoms with E-state index in [-0.39, 0.29) is 35.7 Å². The van der Waals surface area contributed by atoms with Gasteiger partial charge in [0.05, 0.1) is 6.61 Å². The summed E-state index contributed by atoms with van der Waals surface area (Å²) in [5.74, 6) is -0.0877. The minimum Gasteiger partial charge on any atom is -0.406 e. The number of hydrogen-bond acceptors (Lipinski definition) is 3. The molecule has 3 N–H and O–H groups in total. The van der Waals surface area contributed by atoms with Gasteiger partial charge in [0.1, 0.15) is 5.75 Å². The molecule has 0 unspecified atom stereocenters. The molecule has 0 spiro atoms. The van der Waals surface area contributed by atoms with Crippen LogP contribution in [0.2, 0.25) is 0 Å². The number of hydrogen-bond donors (Lipinski definition) is 2. The monoisotopic (exact) mass is 523 g/mol. The maximum atomic E-state index is 12.1. The number of halogens is 4. The summed E-state index contributed by atoms with van der Waals surface area (Å²) in [4.78, 5) is 4.18. The Morgan fingerprint density at radius 3 is 2.31 bits per heavy atom. The standard InChI is InChI=1S/C20H24F3N3O2.HI/c21-20(22,23)28-18-10-8-17(9-11-18)26-19(24)25-13-4-5-14-27-15-12-16-6-2-1-3-7-16;/h1-3,6-11H,4-5,12-15H2,(H3,24,25,26);1H. The number of nitrogens with one attached hydrogen (secondary N) is 1. The van der Waals surface area contributed by atoms with Crippen molar-refractivity contribution in [2.45, 2.75) is 25.6 Å². The summed E-state index contributed by atoms with van der Waals surface area (Å²) in [7, 11) is 0. The van der Waals surface area contributed by atoms with Crippen molar-refractivity contribution in [3.8, 4) is 5.75 Å². The number of alkyl halides is 3. The molecule has 0 bridgehead atoms. The topological polar surface area (TPSA) is 68.9 Å². The lowest BCUT2D eigenvalue weighted by Crippen LogP contribution is -2.23. The largest absolute Gasteiger partial charge is 0.573 e. The fourth-order valence-corrected chi connectivity index (χ4v) is 2.38. The van der Waals surface area contributed by atoms with Gasteiger partial charge >= 0.3 is 6.36 Å². The van der Waals surface area contributed by atoms with Gasteiger partial charge in [-0.05, 0) is 49.1 Å². The van der Waals surface area contributed by atoms with Crippen LogP contribution in [0.3, 0.4) is 0 Å². The van der Waals surface area contributed by atoms with Crippen molar-refractivity contribution in [1.29, 1.82) is 0 Å². The molecular weight excluding hydrogens is 498 g/mol. The molecule has 29 heavy (non-hydrogen) atoms. The van der Waals surface area contributed by atoms with Crippen molar-refractivity contribution in [2.75, 3.05) is 25.1 Å². The molecule has 0 saturated carbocycles. The molecule has 0 aliphatic rings. The Balaban J connectivity index is 0.00000420. The van der Waals surface area contributed by atoms with Crippen molar-refractivity contribution in [3.63, 3.8) is 0 Å². The van der Waals surface area contributed by atoms with Crippen LogP contribution in [0.4, 0.5) is 18.9 Å². The van der Waals surface area contributed by atoms with E-state index in [1.807, 2.05) is 18.2 Å². The second-order valence-corrected chi connectivity index (χ2v) is 6.02. The number of ether oxygens (including phenoxy) is 2. The minimum atomic E-state index is -4.71. The first-order chi connectivity index (χ1) is 13.4. The predicted molar refractivity (Wildman–Crippen MR) is 119 cm³/mol. The molecule has 2 aromatic rings. The summed E-state index contributed by atoms with van der Waals surface area (Å²) in [5, 5.41) is 2.82. The van der Waals surface area contributed by atoms with E-state index in [1.54, 1.807) is 0 Å². The van der Waals surface area contributed by atoms with Gasteiger partial charge in [0.15, 0.2) is 5.96 Å². The molecule has 0 fully saturated rings. The number of benzene rings is 2. The van der Waals surface area contributed by atoms with Crippen LogP contribution < -0.4 is 15.8 Å². The van der Waals surface area contributed by atoms with Crippen molar-refractivity contribution >= 4 is 35.6 Å². The molecule has 2 aromatic carbocycles. The van der Waals surface area contributed by atoms with E-state index < -0.39 is 6.36 Å². The number of nitrogens with two attached hydrogens (primary N) is 1. The number of unbranched alkanes of at least 4 members (excludes halogenated alkanes) is 1. The van der Waals surface area contributed by atoms with Crippen LogP contribution in [0.1, 0.15) is 18.4 Å². The summed E-state index contributed by atoms with van der Waals surface area (Å²) in [6, 6.07) is 15.4. The summed E-state index contributed by atoms with van der Waals surface area (Å²) in [6.45, 7) is 1.89. The van der Waals surface area contributed by atoms with Gasteiger partial charge in [0.2, 0.25) is 0 Å². The zero-order valence-electron chi connectivity index (χ0n) is 15.8.